The standard InChI is InChI=1S/C23H28Cl2N2O3S/c1-15-12-16(2)22(17(3)13-15)31(29,30)27-10-8-18(9-11-27)23(28)26(4)14-19-6-5-7-20(24)21(19)25/h5-7,12-13,18H,8-11,14H2,1-4H3. The minimum absolute atomic E-state index is 0.00390. The summed E-state index contributed by atoms with van der Waals surface area (Å²) in [6, 6.07) is 9.15. The smallest absolute Gasteiger partial charge is 0.243 e. The highest BCUT2D eigenvalue weighted by Gasteiger charge is 2.34. The quantitative estimate of drug-likeness (QED) is 0.603. The third-order valence-corrected chi connectivity index (χ3v) is 8.88. The minimum Gasteiger partial charge on any atom is -0.341 e. The van der Waals surface area contributed by atoms with Gasteiger partial charge in [-0.1, -0.05) is 53.0 Å². The lowest BCUT2D eigenvalue weighted by molar-refractivity contribution is -0.135. The first kappa shape index (κ1) is 24.1. The van der Waals surface area contributed by atoms with Crippen LogP contribution < -0.4 is 0 Å². The van der Waals surface area contributed by atoms with Gasteiger partial charge >= 0.3 is 0 Å². The van der Waals surface area contributed by atoms with Crippen molar-refractivity contribution in [2.45, 2.75) is 45.1 Å². The molecule has 2 aromatic rings. The average Bonchev–Trinajstić information content (AvgIpc) is 2.70. The Morgan fingerprint density at radius 3 is 2.26 bits per heavy atom. The molecule has 1 heterocycles. The monoisotopic (exact) mass is 482 g/mol. The summed E-state index contributed by atoms with van der Waals surface area (Å²) in [6.07, 6.45) is 0.991. The van der Waals surface area contributed by atoms with E-state index in [9.17, 15) is 13.2 Å². The van der Waals surface area contributed by atoms with Crippen LogP contribution in [-0.4, -0.2) is 43.7 Å². The fourth-order valence-electron chi connectivity index (χ4n) is 4.36. The van der Waals surface area contributed by atoms with Gasteiger partial charge in [0.1, 0.15) is 0 Å². The molecule has 0 N–H and O–H groups in total. The van der Waals surface area contributed by atoms with Crippen molar-refractivity contribution >= 4 is 39.1 Å². The van der Waals surface area contributed by atoms with E-state index in [1.54, 1.807) is 24.1 Å². The lowest BCUT2D eigenvalue weighted by Gasteiger charge is -2.33. The predicted octanol–water partition coefficient (Wildman–Crippen LogP) is 4.98. The van der Waals surface area contributed by atoms with Gasteiger partial charge in [-0.05, 0) is 56.4 Å². The lowest BCUT2D eigenvalue weighted by Crippen LogP contribution is -2.43. The van der Waals surface area contributed by atoms with E-state index in [0.717, 1.165) is 22.3 Å². The highest BCUT2D eigenvalue weighted by molar-refractivity contribution is 7.89. The summed E-state index contributed by atoms with van der Waals surface area (Å²) in [7, 11) is -1.85. The number of nitrogens with zero attached hydrogens (tertiary/aromatic N) is 2. The number of piperidine rings is 1. The molecule has 8 heteroatoms. The van der Waals surface area contributed by atoms with Crippen molar-refractivity contribution in [1.29, 1.82) is 0 Å². The second kappa shape index (κ2) is 9.49. The van der Waals surface area contributed by atoms with E-state index in [1.807, 2.05) is 39.0 Å². The van der Waals surface area contributed by atoms with Crippen LogP contribution in [0.1, 0.15) is 35.1 Å². The summed E-state index contributed by atoms with van der Waals surface area (Å²) in [6.45, 7) is 6.64. The molecule has 3 rings (SSSR count). The number of amides is 1. The second-order valence-electron chi connectivity index (χ2n) is 8.31. The molecular weight excluding hydrogens is 455 g/mol. The van der Waals surface area contributed by atoms with Crippen LogP contribution in [0.2, 0.25) is 10.0 Å². The molecule has 0 atom stereocenters. The number of hydrogen-bond acceptors (Lipinski definition) is 3. The molecule has 0 aliphatic carbocycles. The van der Waals surface area contributed by atoms with E-state index < -0.39 is 10.0 Å². The first-order valence-electron chi connectivity index (χ1n) is 10.3. The third-order valence-electron chi connectivity index (χ3n) is 5.82. The number of hydrogen-bond donors (Lipinski definition) is 0. The molecule has 168 valence electrons. The summed E-state index contributed by atoms with van der Waals surface area (Å²) in [5.41, 5.74) is 3.35. The molecule has 0 unspecified atom stereocenters. The first-order valence-corrected chi connectivity index (χ1v) is 12.5. The Balaban J connectivity index is 1.67. The third kappa shape index (κ3) is 5.08. The summed E-state index contributed by atoms with van der Waals surface area (Å²) in [5, 5.41) is 0.911. The Labute approximate surface area is 195 Å². The molecule has 1 amide bonds. The SMILES string of the molecule is Cc1cc(C)c(S(=O)(=O)N2CCC(C(=O)N(C)Cc3cccc(Cl)c3Cl)CC2)c(C)c1. The van der Waals surface area contributed by atoms with Crippen molar-refractivity contribution in [3.63, 3.8) is 0 Å². The first-order chi connectivity index (χ1) is 14.5. The van der Waals surface area contributed by atoms with Crippen molar-refractivity contribution in [3.8, 4) is 0 Å². The number of halogens is 2. The van der Waals surface area contributed by atoms with Gasteiger partial charge < -0.3 is 4.90 Å². The van der Waals surface area contributed by atoms with E-state index in [-0.39, 0.29) is 11.8 Å². The number of sulfonamides is 1. The summed E-state index contributed by atoms with van der Waals surface area (Å²) in [4.78, 5) is 15.0. The maximum absolute atomic E-state index is 13.3. The molecule has 0 radical (unpaired) electrons. The Morgan fingerprint density at radius 2 is 1.68 bits per heavy atom. The van der Waals surface area contributed by atoms with Crippen LogP contribution in [0.15, 0.2) is 35.2 Å². The maximum Gasteiger partial charge on any atom is 0.243 e. The van der Waals surface area contributed by atoms with Gasteiger partial charge in [0.2, 0.25) is 15.9 Å². The van der Waals surface area contributed by atoms with Crippen LogP contribution in [0.25, 0.3) is 0 Å². The maximum atomic E-state index is 13.3. The van der Waals surface area contributed by atoms with Gasteiger partial charge in [0.25, 0.3) is 0 Å². The summed E-state index contributed by atoms with van der Waals surface area (Å²) in [5.74, 6) is -0.217. The van der Waals surface area contributed by atoms with Gasteiger partial charge in [-0.3, -0.25) is 4.79 Å². The topological polar surface area (TPSA) is 57.7 Å². The van der Waals surface area contributed by atoms with Gasteiger partial charge in [-0.25, -0.2) is 8.42 Å². The molecule has 2 aromatic carbocycles. The van der Waals surface area contributed by atoms with Crippen LogP contribution in [0.5, 0.6) is 0 Å². The van der Waals surface area contributed by atoms with Gasteiger partial charge in [0.05, 0.1) is 14.9 Å². The number of aryl methyl sites for hydroxylation is 3. The number of benzene rings is 2. The number of carbonyl (C=O) groups is 1. The fourth-order valence-corrected chi connectivity index (χ4v) is 6.62. The minimum atomic E-state index is -3.59. The highest BCUT2D eigenvalue weighted by Crippen LogP contribution is 2.30. The largest absolute Gasteiger partial charge is 0.341 e. The molecule has 0 bridgehead atoms. The van der Waals surface area contributed by atoms with Crippen molar-refractivity contribution in [2.75, 3.05) is 20.1 Å². The molecule has 1 aliphatic heterocycles. The fraction of sp³-hybridized carbons (Fsp3) is 0.435. The van der Waals surface area contributed by atoms with E-state index in [0.29, 0.717) is 47.4 Å². The Bertz CT molecular complexity index is 1070. The Morgan fingerprint density at radius 1 is 1.10 bits per heavy atom. The molecule has 1 fully saturated rings. The summed E-state index contributed by atoms with van der Waals surface area (Å²) >= 11 is 12.3. The van der Waals surface area contributed by atoms with Crippen molar-refractivity contribution in [3.05, 3.63) is 62.6 Å². The number of carbonyl (C=O) groups excluding carboxylic acids is 1. The van der Waals surface area contributed by atoms with Crippen molar-refractivity contribution in [1.82, 2.24) is 9.21 Å². The average molecular weight is 483 g/mol. The van der Waals surface area contributed by atoms with Gasteiger partial charge in [0, 0.05) is 32.6 Å². The molecule has 0 saturated carbocycles. The Kier molecular flexibility index (Phi) is 7.36. The molecule has 31 heavy (non-hydrogen) atoms. The summed E-state index contributed by atoms with van der Waals surface area (Å²) < 4.78 is 28.0. The second-order valence-corrected chi connectivity index (χ2v) is 11.0. The van der Waals surface area contributed by atoms with Crippen LogP contribution in [0.4, 0.5) is 0 Å². The number of rotatable bonds is 5. The predicted molar refractivity (Wildman–Crippen MR) is 125 cm³/mol. The highest BCUT2D eigenvalue weighted by atomic mass is 35.5. The van der Waals surface area contributed by atoms with Crippen LogP contribution in [0, 0.1) is 26.7 Å². The molecule has 1 aliphatic rings. The lowest BCUT2D eigenvalue weighted by atomic mass is 9.96. The van der Waals surface area contributed by atoms with Crippen molar-refractivity contribution < 1.29 is 13.2 Å². The molecule has 1 saturated heterocycles. The Hall–Kier alpha value is -1.60. The van der Waals surface area contributed by atoms with E-state index in [1.165, 1.54) is 4.31 Å². The van der Waals surface area contributed by atoms with Crippen molar-refractivity contribution in [2.24, 2.45) is 5.92 Å². The van der Waals surface area contributed by atoms with Crippen LogP contribution in [-0.2, 0) is 21.4 Å². The van der Waals surface area contributed by atoms with Crippen LogP contribution >= 0.6 is 23.2 Å². The van der Waals surface area contributed by atoms with Gasteiger partial charge in [0.15, 0.2) is 0 Å². The zero-order valence-electron chi connectivity index (χ0n) is 18.3. The van der Waals surface area contributed by atoms with E-state index in [4.69, 9.17) is 23.2 Å². The normalized spacial score (nSPS) is 15.8. The van der Waals surface area contributed by atoms with E-state index in [2.05, 4.69) is 0 Å². The van der Waals surface area contributed by atoms with Gasteiger partial charge in [-0.15, -0.1) is 0 Å². The molecule has 0 spiro atoms. The molecule has 0 aromatic heterocycles. The van der Waals surface area contributed by atoms with Gasteiger partial charge in [-0.2, -0.15) is 4.31 Å². The van der Waals surface area contributed by atoms with Crippen LogP contribution in [0.3, 0.4) is 0 Å². The van der Waals surface area contributed by atoms with E-state index >= 15 is 0 Å². The zero-order valence-corrected chi connectivity index (χ0v) is 20.6. The molecular formula is C23H28Cl2N2O3S. The molecule has 5 nitrogen and oxygen atoms in total. The zero-order chi connectivity index (χ0) is 22.9.